The molecule has 1 unspecified atom stereocenters. The maximum atomic E-state index is 10.2. The van der Waals surface area contributed by atoms with Crippen LogP contribution < -0.4 is 51.4 Å². The van der Waals surface area contributed by atoms with E-state index in [1.807, 2.05) is 0 Å². The first-order valence-corrected chi connectivity index (χ1v) is 9.45. The van der Waals surface area contributed by atoms with Crippen LogP contribution in [-0.4, -0.2) is 53.6 Å². The van der Waals surface area contributed by atoms with Gasteiger partial charge in [0.2, 0.25) is 0 Å². The summed E-state index contributed by atoms with van der Waals surface area (Å²) in [6, 6.07) is 0. The van der Waals surface area contributed by atoms with Gasteiger partial charge in [-0.1, -0.05) is 39.0 Å². The Hall–Kier alpha value is 0.446. The van der Waals surface area contributed by atoms with Gasteiger partial charge in [0.05, 0.1) is 6.42 Å². The Morgan fingerprint density at radius 3 is 1.92 bits per heavy atom. The molecule has 10 heteroatoms. The van der Waals surface area contributed by atoms with E-state index in [4.69, 9.17) is 19.5 Å². The van der Waals surface area contributed by atoms with Gasteiger partial charge in [-0.05, 0) is 6.42 Å². The Balaban J connectivity index is -0.000000372. The van der Waals surface area contributed by atoms with Crippen molar-refractivity contribution in [2.24, 2.45) is 0 Å². The zero-order valence-corrected chi connectivity index (χ0v) is 19.1. The van der Waals surface area contributed by atoms with Gasteiger partial charge >= 0.3 is 63.3 Å². The average Bonchev–Trinajstić information content (AvgIpc) is 2.47. The van der Waals surface area contributed by atoms with Crippen LogP contribution in [-0.2, 0) is 24.4 Å². The first-order chi connectivity index (χ1) is 11.2. The van der Waals surface area contributed by atoms with Gasteiger partial charge < -0.3 is 21.9 Å². The molecule has 0 aromatic heterocycles. The molecule has 0 aliphatic heterocycles. The van der Waals surface area contributed by atoms with E-state index in [0.717, 1.165) is 19.6 Å². The fourth-order valence-corrected chi connectivity index (χ4v) is 2.28. The van der Waals surface area contributed by atoms with Crippen molar-refractivity contribution < 1.29 is 88.9 Å². The molecular weight excluding hydrogens is 379 g/mol. The standard InChI is InChI=1S/C11H23O.C4H6O7S.K/c1-3-5-6-7-8-9-11-12-10-4-2;5-3(6)1-2(4(7)8)12(9,10)11;/h2-11H2,1H3;2H,1H2,(H,5,6)(H,7,8)(H,9,10,11);/q-1;;+1. The minimum absolute atomic E-state index is 0. The van der Waals surface area contributed by atoms with Gasteiger partial charge in [0.25, 0.3) is 10.1 Å². The maximum absolute atomic E-state index is 10.2. The van der Waals surface area contributed by atoms with Crippen molar-refractivity contribution in [3.63, 3.8) is 0 Å². The van der Waals surface area contributed by atoms with Crippen LogP contribution in [0.1, 0.15) is 58.3 Å². The number of carbonyl (C=O) groups is 2. The zero-order chi connectivity index (χ0) is 19.0. The molecule has 0 aliphatic carbocycles. The van der Waals surface area contributed by atoms with Gasteiger partial charge in [0.1, 0.15) is 0 Å². The monoisotopic (exact) mass is 408 g/mol. The van der Waals surface area contributed by atoms with E-state index in [2.05, 4.69) is 13.8 Å². The molecule has 3 N–H and O–H groups in total. The minimum atomic E-state index is -4.84. The summed E-state index contributed by atoms with van der Waals surface area (Å²) in [5.41, 5.74) is 0. The molecule has 0 bridgehead atoms. The number of rotatable bonds is 13. The maximum Gasteiger partial charge on any atom is 1.00 e. The number of hydrogen-bond acceptors (Lipinski definition) is 5. The number of aliphatic carboxylic acids is 2. The van der Waals surface area contributed by atoms with Gasteiger partial charge in [-0.3, -0.25) is 14.1 Å². The molecule has 1 atom stereocenters. The topological polar surface area (TPSA) is 138 Å². The molecule has 144 valence electrons. The molecule has 0 rings (SSSR count). The normalized spacial score (nSPS) is 11.6. The van der Waals surface area contributed by atoms with Crippen LogP contribution in [0, 0.1) is 6.92 Å². The van der Waals surface area contributed by atoms with Crippen LogP contribution >= 0.6 is 0 Å². The molecule has 0 aliphatic rings. The third-order valence-electron chi connectivity index (χ3n) is 2.93. The minimum Gasteiger partial charge on any atom is -0.481 e. The predicted octanol–water partition coefficient (Wildman–Crippen LogP) is -0.606. The number of unbranched alkanes of at least 4 members (excludes halogenated alkanes) is 5. The first kappa shape index (κ1) is 30.2. The molecule has 0 radical (unpaired) electrons. The van der Waals surface area contributed by atoms with Gasteiger partial charge in [-0.25, -0.2) is 0 Å². The Labute approximate surface area is 192 Å². The molecular formula is C15H29KO8S. The molecule has 0 aromatic rings. The smallest absolute Gasteiger partial charge is 0.481 e. The third-order valence-corrected chi connectivity index (χ3v) is 4.01. The van der Waals surface area contributed by atoms with Gasteiger partial charge in [0, 0.05) is 13.2 Å². The molecule has 8 nitrogen and oxygen atoms in total. The Morgan fingerprint density at radius 1 is 1.04 bits per heavy atom. The van der Waals surface area contributed by atoms with Gasteiger partial charge in [-0.15, -0.1) is 0 Å². The van der Waals surface area contributed by atoms with E-state index < -0.39 is 33.7 Å². The summed E-state index contributed by atoms with van der Waals surface area (Å²) in [5, 5.41) is 13.9. The first-order valence-electron chi connectivity index (χ1n) is 7.94. The van der Waals surface area contributed by atoms with Crippen molar-refractivity contribution in [1.29, 1.82) is 0 Å². The predicted molar refractivity (Wildman–Crippen MR) is 89.4 cm³/mol. The van der Waals surface area contributed by atoms with Crippen LogP contribution in [0.4, 0.5) is 0 Å². The molecule has 25 heavy (non-hydrogen) atoms. The summed E-state index contributed by atoms with van der Waals surface area (Å²) in [5.74, 6) is -3.50. The van der Waals surface area contributed by atoms with Crippen LogP contribution in [0.2, 0.25) is 0 Å². The summed E-state index contributed by atoms with van der Waals surface area (Å²) in [6.45, 7) is 7.73. The number of carboxylic acids is 2. The fraction of sp³-hybridized carbons (Fsp3) is 0.800. The van der Waals surface area contributed by atoms with Crippen molar-refractivity contribution >= 4 is 22.1 Å². The molecule has 0 spiro atoms. The number of hydrogen-bond donors (Lipinski definition) is 3. The summed E-state index contributed by atoms with van der Waals surface area (Å²) in [6.07, 6.45) is 7.79. The molecule has 0 saturated heterocycles. The van der Waals surface area contributed by atoms with Gasteiger partial charge in [0.15, 0.2) is 5.25 Å². The Morgan fingerprint density at radius 2 is 1.56 bits per heavy atom. The van der Waals surface area contributed by atoms with E-state index >= 15 is 0 Å². The SMILES string of the molecule is O=C(O)CC(C(=O)O)S(=O)(=O)O.[CH2-]CCOCCCCCCCC.[K+]. The summed E-state index contributed by atoms with van der Waals surface area (Å²) < 4.78 is 34.0. The molecule has 0 aromatic carbocycles. The average molecular weight is 409 g/mol. The number of carboxylic acid groups (broad SMARTS) is 2. The van der Waals surface area contributed by atoms with Crippen molar-refractivity contribution in [2.45, 2.75) is 63.5 Å². The molecule has 0 fully saturated rings. The van der Waals surface area contributed by atoms with E-state index in [1.165, 1.54) is 38.5 Å². The second-order valence-electron chi connectivity index (χ2n) is 5.17. The van der Waals surface area contributed by atoms with E-state index in [0.29, 0.717) is 0 Å². The summed E-state index contributed by atoms with van der Waals surface area (Å²) in [7, 11) is -4.84. The van der Waals surface area contributed by atoms with E-state index in [-0.39, 0.29) is 51.4 Å². The van der Waals surface area contributed by atoms with Crippen molar-refractivity contribution in [3.05, 3.63) is 6.92 Å². The van der Waals surface area contributed by atoms with E-state index in [1.54, 1.807) is 0 Å². The summed E-state index contributed by atoms with van der Waals surface area (Å²) in [4.78, 5) is 20.0. The molecule has 0 heterocycles. The van der Waals surface area contributed by atoms with Crippen molar-refractivity contribution in [1.82, 2.24) is 0 Å². The summed E-state index contributed by atoms with van der Waals surface area (Å²) >= 11 is 0. The second kappa shape index (κ2) is 19.2. The third kappa shape index (κ3) is 22.4. The fourth-order valence-electron chi connectivity index (χ4n) is 1.67. The van der Waals surface area contributed by atoms with Crippen LogP contribution in [0.5, 0.6) is 0 Å². The van der Waals surface area contributed by atoms with Crippen LogP contribution in [0.25, 0.3) is 0 Å². The van der Waals surface area contributed by atoms with Crippen LogP contribution in [0.15, 0.2) is 0 Å². The quantitative estimate of drug-likeness (QED) is 0.159. The van der Waals surface area contributed by atoms with Gasteiger partial charge in [-0.2, -0.15) is 14.8 Å². The zero-order valence-electron chi connectivity index (χ0n) is 15.1. The Kier molecular flexibility index (Phi) is 23.2. The number of ether oxygens (including phenoxy) is 1. The van der Waals surface area contributed by atoms with Crippen molar-refractivity contribution in [3.8, 4) is 0 Å². The van der Waals surface area contributed by atoms with Crippen molar-refractivity contribution in [2.75, 3.05) is 13.2 Å². The largest absolute Gasteiger partial charge is 1.00 e. The second-order valence-corrected chi connectivity index (χ2v) is 6.77. The van der Waals surface area contributed by atoms with E-state index in [9.17, 15) is 18.0 Å². The van der Waals surface area contributed by atoms with Crippen LogP contribution in [0.3, 0.4) is 0 Å². The molecule has 0 saturated carbocycles. The molecule has 0 amide bonds. The Bertz CT molecular complexity index is 429.